The van der Waals surface area contributed by atoms with Gasteiger partial charge in [0.15, 0.2) is 0 Å². The summed E-state index contributed by atoms with van der Waals surface area (Å²) >= 11 is 6.08. The van der Waals surface area contributed by atoms with Crippen molar-refractivity contribution in [3.05, 3.63) is 28.3 Å². The summed E-state index contributed by atoms with van der Waals surface area (Å²) in [4.78, 5) is 0. The van der Waals surface area contributed by atoms with Gasteiger partial charge in [-0.05, 0) is 48.9 Å². The summed E-state index contributed by atoms with van der Waals surface area (Å²) in [5, 5.41) is 10.3. The summed E-state index contributed by atoms with van der Waals surface area (Å²) < 4.78 is 0. The van der Waals surface area contributed by atoms with Crippen molar-refractivity contribution < 1.29 is 5.11 Å². The normalized spacial score (nSPS) is 17.3. The number of phenolic OH excluding ortho intramolecular Hbond substituents is 1. The summed E-state index contributed by atoms with van der Waals surface area (Å²) in [5.41, 5.74) is 7.72. The molecular formula is C14H20ClNO. The van der Waals surface area contributed by atoms with Gasteiger partial charge in [0.25, 0.3) is 0 Å². The predicted octanol–water partition coefficient (Wildman–Crippen LogP) is 3.59. The number of rotatable bonds is 3. The smallest absolute Gasteiger partial charge is 0.137 e. The average molecular weight is 254 g/mol. The maximum atomic E-state index is 9.86. The molecule has 0 unspecified atom stereocenters. The van der Waals surface area contributed by atoms with Crippen LogP contribution in [0.5, 0.6) is 5.75 Å². The number of aromatic hydroxyl groups is 1. The third-order valence-corrected chi connectivity index (χ3v) is 3.94. The first-order chi connectivity index (χ1) is 8.22. The molecule has 0 heterocycles. The first-order valence-corrected chi connectivity index (χ1v) is 6.81. The van der Waals surface area contributed by atoms with Crippen molar-refractivity contribution >= 4 is 11.6 Å². The fourth-order valence-corrected chi connectivity index (χ4v) is 2.94. The number of hydrogen-bond donors (Lipinski definition) is 2. The molecule has 2 nitrogen and oxygen atoms in total. The molecule has 1 fully saturated rings. The highest BCUT2D eigenvalue weighted by Crippen LogP contribution is 2.37. The van der Waals surface area contributed by atoms with Crippen LogP contribution in [0.25, 0.3) is 0 Å². The fourth-order valence-electron chi connectivity index (χ4n) is 2.70. The van der Waals surface area contributed by atoms with Gasteiger partial charge in [-0.1, -0.05) is 36.9 Å². The van der Waals surface area contributed by atoms with E-state index in [-0.39, 0.29) is 5.75 Å². The van der Waals surface area contributed by atoms with E-state index in [0.717, 1.165) is 5.56 Å². The SMILES string of the molecule is NCCc1cc(C2CCCCC2)cc(Cl)c1O. The molecule has 0 amide bonds. The van der Waals surface area contributed by atoms with Crippen LogP contribution in [-0.2, 0) is 6.42 Å². The van der Waals surface area contributed by atoms with Gasteiger partial charge in [-0.2, -0.15) is 0 Å². The Morgan fingerprint density at radius 3 is 2.59 bits per heavy atom. The maximum absolute atomic E-state index is 9.86. The van der Waals surface area contributed by atoms with Gasteiger partial charge in [0, 0.05) is 0 Å². The van der Waals surface area contributed by atoms with E-state index >= 15 is 0 Å². The summed E-state index contributed by atoms with van der Waals surface area (Å²) in [7, 11) is 0. The van der Waals surface area contributed by atoms with Gasteiger partial charge < -0.3 is 10.8 Å². The molecule has 0 atom stereocenters. The van der Waals surface area contributed by atoms with Gasteiger partial charge in [0.2, 0.25) is 0 Å². The Morgan fingerprint density at radius 1 is 1.24 bits per heavy atom. The van der Waals surface area contributed by atoms with Gasteiger partial charge in [0.1, 0.15) is 5.75 Å². The molecule has 3 heteroatoms. The van der Waals surface area contributed by atoms with Crippen molar-refractivity contribution in [1.29, 1.82) is 0 Å². The van der Waals surface area contributed by atoms with Crippen LogP contribution >= 0.6 is 11.6 Å². The lowest BCUT2D eigenvalue weighted by Crippen LogP contribution is -2.07. The molecule has 0 bridgehead atoms. The van der Waals surface area contributed by atoms with Crippen LogP contribution in [0, 0.1) is 0 Å². The Bertz CT molecular complexity index is 386. The van der Waals surface area contributed by atoms with Crippen LogP contribution in [-0.4, -0.2) is 11.7 Å². The Kier molecular flexibility index (Phi) is 4.30. The van der Waals surface area contributed by atoms with E-state index in [9.17, 15) is 5.11 Å². The average Bonchev–Trinajstić information content (AvgIpc) is 2.36. The highest BCUT2D eigenvalue weighted by Gasteiger charge is 2.18. The van der Waals surface area contributed by atoms with E-state index in [0.29, 0.717) is 23.9 Å². The minimum Gasteiger partial charge on any atom is -0.506 e. The molecule has 0 saturated heterocycles. The molecule has 0 radical (unpaired) electrons. The van der Waals surface area contributed by atoms with Crippen molar-refractivity contribution in [3.8, 4) is 5.75 Å². The van der Waals surface area contributed by atoms with Crippen LogP contribution in [0.4, 0.5) is 0 Å². The summed E-state index contributed by atoms with van der Waals surface area (Å²) in [6.07, 6.45) is 7.11. The number of phenols is 1. The van der Waals surface area contributed by atoms with E-state index < -0.39 is 0 Å². The molecule has 17 heavy (non-hydrogen) atoms. The van der Waals surface area contributed by atoms with Gasteiger partial charge in [-0.25, -0.2) is 0 Å². The lowest BCUT2D eigenvalue weighted by Gasteiger charge is -2.23. The maximum Gasteiger partial charge on any atom is 0.137 e. The second-order valence-corrected chi connectivity index (χ2v) is 5.29. The molecular weight excluding hydrogens is 234 g/mol. The van der Waals surface area contributed by atoms with Crippen molar-refractivity contribution in [2.45, 2.75) is 44.4 Å². The van der Waals surface area contributed by atoms with E-state index in [4.69, 9.17) is 17.3 Å². The van der Waals surface area contributed by atoms with E-state index in [1.807, 2.05) is 6.07 Å². The molecule has 1 saturated carbocycles. The zero-order chi connectivity index (χ0) is 12.3. The molecule has 1 aliphatic rings. The zero-order valence-corrected chi connectivity index (χ0v) is 10.8. The summed E-state index contributed by atoms with van der Waals surface area (Å²) in [6, 6.07) is 4.01. The van der Waals surface area contributed by atoms with Crippen molar-refractivity contribution in [3.63, 3.8) is 0 Å². The molecule has 0 aromatic heterocycles. The second kappa shape index (κ2) is 5.74. The van der Waals surface area contributed by atoms with E-state index in [2.05, 4.69) is 6.07 Å². The summed E-state index contributed by atoms with van der Waals surface area (Å²) in [5.74, 6) is 0.815. The lowest BCUT2D eigenvalue weighted by atomic mass is 9.83. The third-order valence-electron chi connectivity index (χ3n) is 3.65. The standard InChI is InChI=1S/C14H20ClNO/c15-13-9-12(10-4-2-1-3-5-10)8-11(6-7-16)14(13)17/h8-10,17H,1-7,16H2. The number of hydrogen-bond acceptors (Lipinski definition) is 2. The van der Waals surface area contributed by atoms with Crippen LogP contribution in [0.2, 0.25) is 5.02 Å². The largest absolute Gasteiger partial charge is 0.506 e. The predicted molar refractivity (Wildman–Crippen MR) is 71.7 cm³/mol. The highest BCUT2D eigenvalue weighted by atomic mass is 35.5. The Hall–Kier alpha value is -0.730. The zero-order valence-electron chi connectivity index (χ0n) is 10.1. The quantitative estimate of drug-likeness (QED) is 0.865. The van der Waals surface area contributed by atoms with Crippen LogP contribution < -0.4 is 5.73 Å². The van der Waals surface area contributed by atoms with Crippen molar-refractivity contribution in [1.82, 2.24) is 0 Å². The minimum atomic E-state index is 0.205. The van der Waals surface area contributed by atoms with Crippen molar-refractivity contribution in [2.75, 3.05) is 6.54 Å². The molecule has 1 aromatic rings. The first-order valence-electron chi connectivity index (χ1n) is 6.43. The van der Waals surface area contributed by atoms with Crippen LogP contribution in [0.15, 0.2) is 12.1 Å². The van der Waals surface area contributed by atoms with Crippen molar-refractivity contribution in [2.24, 2.45) is 5.73 Å². The first kappa shape index (κ1) is 12.7. The fraction of sp³-hybridized carbons (Fsp3) is 0.571. The lowest BCUT2D eigenvalue weighted by molar-refractivity contribution is 0.440. The van der Waals surface area contributed by atoms with Crippen LogP contribution in [0.3, 0.4) is 0 Å². The summed E-state index contributed by atoms with van der Waals surface area (Å²) in [6.45, 7) is 0.540. The number of nitrogens with two attached hydrogens (primary N) is 1. The molecule has 2 rings (SSSR count). The third kappa shape index (κ3) is 2.93. The van der Waals surface area contributed by atoms with Crippen LogP contribution in [0.1, 0.15) is 49.1 Å². The van der Waals surface area contributed by atoms with Gasteiger partial charge in [-0.3, -0.25) is 0 Å². The Labute approximate surface area is 108 Å². The van der Waals surface area contributed by atoms with Gasteiger partial charge >= 0.3 is 0 Å². The van der Waals surface area contributed by atoms with E-state index in [1.165, 1.54) is 37.7 Å². The molecule has 1 aromatic carbocycles. The highest BCUT2D eigenvalue weighted by molar-refractivity contribution is 6.32. The van der Waals surface area contributed by atoms with Gasteiger partial charge in [0.05, 0.1) is 5.02 Å². The molecule has 94 valence electrons. The Morgan fingerprint density at radius 2 is 1.94 bits per heavy atom. The second-order valence-electron chi connectivity index (χ2n) is 4.88. The minimum absolute atomic E-state index is 0.205. The van der Waals surface area contributed by atoms with E-state index in [1.54, 1.807) is 0 Å². The topological polar surface area (TPSA) is 46.2 Å². The molecule has 0 spiro atoms. The van der Waals surface area contributed by atoms with Gasteiger partial charge in [-0.15, -0.1) is 0 Å². The molecule has 1 aliphatic carbocycles. The Balaban J connectivity index is 2.27. The molecule has 0 aliphatic heterocycles. The number of halogens is 1. The number of benzene rings is 1. The monoisotopic (exact) mass is 253 g/mol. The molecule has 3 N–H and O–H groups in total.